The Kier molecular flexibility index (Phi) is 4.15. The van der Waals surface area contributed by atoms with Crippen molar-refractivity contribution in [1.82, 2.24) is 4.98 Å². The number of rotatable bonds is 4. The molecule has 0 aliphatic rings. The van der Waals surface area contributed by atoms with Gasteiger partial charge in [0.15, 0.2) is 0 Å². The van der Waals surface area contributed by atoms with Crippen LogP contribution in [0.2, 0.25) is 0 Å². The van der Waals surface area contributed by atoms with Gasteiger partial charge in [0.25, 0.3) is 0 Å². The van der Waals surface area contributed by atoms with E-state index in [1.165, 1.54) is 0 Å². The molecule has 1 heterocycles. The van der Waals surface area contributed by atoms with Crippen molar-refractivity contribution in [3.05, 3.63) is 44.3 Å². The van der Waals surface area contributed by atoms with Crippen LogP contribution in [0.3, 0.4) is 0 Å². The number of aromatic nitrogens is 1. The largest absolute Gasteiger partial charge is 0.486 e. The van der Waals surface area contributed by atoms with Crippen LogP contribution < -0.4 is 4.74 Å². The Morgan fingerprint density at radius 2 is 2.29 bits per heavy atom. The topological polar surface area (TPSA) is 42.4 Å². The maximum absolute atomic E-state index is 9.23. The molecule has 0 saturated heterocycles. The molecule has 0 atom stereocenters. The second-order valence-electron chi connectivity index (χ2n) is 3.52. The number of hydrogen-bond acceptors (Lipinski definition) is 4. The van der Waals surface area contributed by atoms with E-state index in [1.54, 1.807) is 11.3 Å². The molecule has 0 aliphatic carbocycles. The number of aliphatic hydroxyl groups is 1. The van der Waals surface area contributed by atoms with Crippen molar-refractivity contribution in [3.8, 4) is 5.75 Å². The van der Waals surface area contributed by atoms with E-state index in [0.29, 0.717) is 12.4 Å². The second-order valence-corrected chi connectivity index (χ2v) is 5.69. The van der Waals surface area contributed by atoms with Crippen LogP contribution in [-0.2, 0) is 13.2 Å². The lowest BCUT2D eigenvalue weighted by molar-refractivity contribution is 0.259. The Bertz CT molecular complexity index is 513. The van der Waals surface area contributed by atoms with Crippen LogP contribution in [0.1, 0.15) is 15.4 Å². The van der Waals surface area contributed by atoms with Crippen molar-refractivity contribution in [2.75, 3.05) is 0 Å². The van der Waals surface area contributed by atoms with E-state index < -0.39 is 0 Å². The molecule has 0 saturated carbocycles. The van der Waals surface area contributed by atoms with Gasteiger partial charge in [-0.2, -0.15) is 0 Å². The van der Waals surface area contributed by atoms with Crippen LogP contribution >= 0.6 is 27.3 Å². The van der Waals surface area contributed by atoms with Crippen molar-refractivity contribution < 1.29 is 9.84 Å². The van der Waals surface area contributed by atoms with Gasteiger partial charge in [-0.15, -0.1) is 11.3 Å². The van der Waals surface area contributed by atoms with Crippen molar-refractivity contribution in [2.45, 2.75) is 20.1 Å². The zero-order chi connectivity index (χ0) is 12.3. The van der Waals surface area contributed by atoms with Gasteiger partial charge in [-0.3, -0.25) is 0 Å². The van der Waals surface area contributed by atoms with Crippen LogP contribution in [-0.4, -0.2) is 10.1 Å². The van der Waals surface area contributed by atoms with Gasteiger partial charge in [0.05, 0.1) is 21.0 Å². The standard InChI is InChI=1S/C12H12BrNO2S/c1-8-14-5-10(17-8)7-16-12-9(6-15)3-2-4-11(12)13/h2-5,15H,6-7H2,1H3. The lowest BCUT2D eigenvalue weighted by atomic mass is 10.2. The molecule has 1 N–H and O–H groups in total. The first-order chi connectivity index (χ1) is 8.20. The summed E-state index contributed by atoms with van der Waals surface area (Å²) in [4.78, 5) is 5.24. The van der Waals surface area contributed by atoms with Crippen LogP contribution in [0.25, 0.3) is 0 Å². The van der Waals surface area contributed by atoms with Crippen molar-refractivity contribution in [2.24, 2.45) is 0 Å². The zero-order valence-corrected chi connectivity index (χ0v) is 11.7. The predicted molar refractivity (Wildman–Crippen MR) is 71.2 cm³/mol. The molecular formula is C12H12BrNO2S. The summed E-state index contributed by atoms with van der Waals surface area (Å²) in [7, 11) is 0. The van der Waals surface area contributed by atoms with Crippen LogP contribution in [0.5, 0.6) is 5.75 Å². The molecule has 0 aliphatic heterocycles. The number of halogens is 1. The molecule has 90 valence electrons. The van der Waals surface area contributed by atoms with Gasteiger partial charge >= 0.3 is 0 Å². The molecule has 0 fully saturated rings. The highest BCUT2D eigenvalue weighted by Crippen LogP contribution is 2.30. The van der Waals surface area contributed by atoms with E-state index in [0.717, 1.165) is 19.9 Å². The SMILES string of the molecule is Cc1ncc(COc2c(Br)cccc2CO)s1. The van der Waals surface area contributed by atoms with Crippen LogP contribution in [0, 0.1) is 6.92 Å². The number of benzene rings is 1. The molecule has 0 amide bonds. The minimum absolute atomic E-state index is 0.0313. The van der Waals surface area contributed by atoms with Crippen molar-refractivity contribution >= 4 is 27.3 Å². The van der Waals surface area contributed by atoms with E-state index in [2.05, 4.69) is 20.9 Å². The average Bonchev–Trinajstić information content (AvgIpc) is 2.73. The van der Waals surface area contributed by atoms with E-state index in [-0.39, 0.29) is 6.61 Å². The average molecular weight is 314 g/mol. The number of thiazole rings is 1. The maximum atomic E-state index is 9.23. The summed E-state index contributed by atoms with van der Waals surface area (Å²) in [5.74, 6) is 0.695. The highest BCUT2D eigenvalue weighted by Gasteiger charge is 2.08. The lowest BCUT2D eigenvalue weighted by Gasteiger charge is -2.10. The number of nitrogens with zero attached hydrogens (tertiary/aromatic N) is 1. The van der Waals surface area contributed by atoms with Gasteiger partial charge in [-0.05, 0) is 28.9 Å². The molecule has 5 heteroatoms. The third-order valence-corrected chi connectivity index (χ3v) is 3.76. The molecule has 3 nitrogen and oxygen atoms in total. The Morgan fingerprint density at radius 3 is 2.94 bits per heavy atom. The predicted octanol–water partition coefficient (Wildman–Crippen LogP) is 3.29. The Morgan fingerprint density at radius 1 is 1.47 bits per heavy atom. The zero-order valence-electron chi connectivity index (χ0n) is 9.31. The summed E-state index contributed by atoms with van der Waals surface area (Å²) < 4.78 is 6.57. The van der Waals surface area contributed by atoms with Gasteiger partial charge in [0.2, 0.25) is 0 Å². The van der Waals surface area contributed by atoms with Crippen LogP contribution in [0.4, 0.5) is 0 Å². The molecule has 17 heavy (non-hydrogen) atoms. The van der Waals surface area contributed by atoms with Gasteiger partial charge in [0.1, 0.15) is 12.4 Å². The van der Waals surface area contributed by atoms with Crippen LogP contribution in [0.15, 0.2) is 28.9 Å². The molecule has 0 spiro atoms. The van der Waals surface area contributed by atoms with Gasteiger partial charge in [-0.25, -0.2) is 4.98 Å². The Balaban J connectivity index is 2.13. The normalized spacial score (nSPS) is 10.5. The fraction of sp³-hybridized carbons (Fsp3) is 0.250. The van der Waals surface area contributed by atoms with Crippen molar-refractivity contribution in [3.63, 3.8) is 0 Å². The monoisotopic (exact) mass is 313 g/mol. The van der Waals surface area contributed by atoms with E-state index >= 15 is 0 Å². The second kappa shape index (κ2) is 5.62. The lowest BCUT2D eigenvalue weighted by Crippen LogP contribution is -1.98. The highest BCUT2D eigenvalue weighted by atomic mass is 79.9. The maximum Gasteiger partial charge on any atom is 0.139 e. The summed E-state index contributed by atoms with van der Waals surface area (Å²) in [6.07, 6.45) is 1.81. The van der Waals surface area contributed by atoms with E-state index in [1.807, 2.05) is 31.3 Å². The number of para-hydroxylation sites is 1. The highest BCUT2D eigenvalue weighted by molar-refractivity contribution is 9.10. The number of aliphatic hydroxyl groups excluding tert-OH is 1. The summed E-state index contributed by atoms with van der Waals surface area (Å²) in [5, 5.41) is 10.3. The molecule has 0 radical (unpaired) electrons. The first kappa shape index (κ1) is 12.5. The fourth-order valence-corrected chi connectivity index (χ4v) is 2.68. The van der Waals surface area contributed by atoms with Crippen molar-refractivity contribution in [1.29, 1.82) is 0 Å². The molecule has 0 bridgehead atoms. The first-order valence-electron chi connectivity index (χ1n) is 5.13. The third-order valence-electron chi connectivity index (χ3n) is 2.25. The quantitative estimate of drug-likeness (QED) is 0.942. The smallest absolute Gasteiger partial charge is 0.139 e. The molecule has 1 aromatic heterocycles. The molecular weight excluding hydrogens is 302 g/mol. The molecule has 0 unspecified atom stereocenters. The number of aryl methyl sites for hydroxylation is 1. The van der Waals surface area contributed by atoms with Gasteiger partial charge < -0.3 is 9.84 Å². The molecule has 2 rings (SSSR count). The summed E-state index contributed by atoms with van der Waals surface area (Å²) in [5.41, 5.74) is 0.778. The summed E-state index contributed by atoms with van der Waals surface area (Å²) in [6.45, 7) is 2.41. The van der Waals surface area contributed by atoms with E-state index in [9.17, 15) is 5.11 Å². The van der Waals surface area contributed by atoms with E-state index in [4.69, 9.17) is 4.74 Å². The Hall–Kier alpha value is -0.910. The van der Waals surface area contributed by atoms with Gasteiger partial charge in [0, 0.05) is 11.8 Å². The number of hydrogen-bond donors (Lipinski definition) is 1. The minimum Gasteiger partial charge on any atom is -0.486 e. The summed E-state index contributed by atoms with van der Waals surface area (Å²) in [6, 6.07) is 5.61. The fourth-order valence-electron chi connectivity index (χ4n) is 1.46. The third kappa shape index (κ3) is 3.06. The van der Waals surface area contributed by atoms with Gasteiger partial charge in [-0.1, -0.05) is 12.1 Å². The first-order valence-corrected chi connectivity index (χ1v) is 6.74. The Labute approximate surface area is 112 Å². The summed E-state index contributed by atoms with van der Waals surface area (Å²) >= 11 is 5.03. The minimum atomic E-state index is -0.0313. The molecule has 1 aromatic carbocycles. The molecule has 2 aromatic rings. The number of ether oxygens (including phenoxy) is 1.